The van der Waals surface area contributed by atoms with Crippen LogP contribution in [-0.4, -0.2) is 11.7 Å². The van der Waals surface area contributed by atoms with Crippen molar-refractivity contribution in [2.24, 2.45) is 10.8 Å². The number of amides is 2. The van der Waals surface area contributed by atoms with Crippen molar-refractivity contribution < 1.29 is 9.53 Å². The number of hydrogen-bond donors (Lipinski definition) is 2. The molecule has 0 bridgehead atoms. The zero-order chi connectivity index (χ0) is 15.1. The molecule has 0 spiro atoms. The molecule has 0 atom stereocenters. The minimum atomic E-state index is -0.697. The van der Waals surface area contributed by atoms with Gasteiger partial charge >= 0.3 is 6.03 Å². The number of hydrogen-bond acceptors (Lipinski definition) is 3. The average Bonchev–Trinajstić information content (AvgIpc) is 2.52. The molecule has 0 saturated heterocycles. The van der Waals surface area contributed by atoms with E-state index in [9.17, 15) is 4.79 Å². The first-order chi connectivity index (χ1) is 10.2. The van der Waals surface area contributed by atoms with Crippen LogP contribution in [0, 0.1) is 0 Å². The van der Waals surface area contributed by atoms with Crippen LogP contribution in [0.5, 0.6) is 5.75 Å². The van der Waals surface area contributed by atoms with Crippen LogP contribution in [0.1, 0.15) is 18.1 Å². The zero-order valence-corrected chi connectivity index (χ0v) is 11.7. The number of hydrazone groups is 1. The summed E-state index contributed by atoms with van der Waals surface area (Å²) in [6.07, 6.45) is 0. The second kappa shape index (κ2) is 7.09. The maximum atomic E-state index is 10.7. The molecule has 2 amide bonds. The smallest absolute Gasteiger partial charge is 0.332 e. The van der Waals surface area contributed by atoms with Gasteiger partial charge in [0, 0.05) is 5.56 Å². The molecule has 0 aromatic heterocycles. The normalized spacial score (nSPS) is 11.0. The highest BCUT2D eigenvalue weighted by Crippen LogP contribution is 2.20. The monoisotopic (exact) mass is 283 g/mol. The lowest BCUT2D eigenvalue weighted by atomic mass is 10.1. The lowest BCUT2D eigenvalue weighted by Gasteiger charge is -2.11. The lowest BCUT2D eigenvalue weighted by Crippen LogP contribution is -2.25. The summed E-state index contributed by atoms with van der Waals surface area (Å²) < 4.78 is 5.83. The summed E-state index contributed by atoms with van der Waals surface area (Å²) in [6, 6.07) is 16.7. The Morgan fingerprint density at radius 2 is 1.81 bits per heavy atom. The van der Waals surface area contributed by atoms with Crippen LogP contribution < -0.4 is 15.9 Å². The summed E-state index contributed by atoms with van der Waals surface area (Å²) in [5.41, 5.74) is 9.73. The van der Waals surface area contributed by atoms with Crippen LogP contribution in [0.3, 0.4) is 0 Å². The van der Waals surface area contributed by atoms with Gasteiger partial charge in [-0.15, -0.1) is 0 Å². The number of rotatable bonds is 5. The van der Waals surface area contributed by atoms with Crippen molar-refractivity contribution >= 4 is 11.7 Å². The van der Waals surface area contributed by atoms with E-state index in [0.717, 1.165) is 11.1 Å². The van der Waals surface area contributed by atoms with Crippen LogP contribution in [0.15, 0.2) is 59.7 Å². The van der Waals surface area contributed by atoms with Gasteiger partial charge in [-0.3, -0.25) is 0 Å². The van der Waals surface area contributed by atoms with Crippen LogP contribution in [0.25, 0.3) is 0 Å². The van der Waals surface area contributed by atoms with E-state index < -0.39 is 6.03 Å². The first-order valence-electron chi connectivity index (χ1n) is 6.52. The zero-order valence-electron chi connectivity index (χ0n) is 11.7. The van der Waals surface area contributed by atoms with Gasteiger partial charge in [-0.1, -0.05) is 42.5 Å². The van der Waals surface area contributed by atoms with E-state index in [1.165, 1.54) is 0 Å². The maximum absolute atomic E-state index is 10.7. The number of nitrogens with zero attached hydrogens (tertiary/aromatic N) is 1. The summed E-state index contributed by atoms with van der Waals surface area (Å²) in [5.74, 6) is 0.703. The van der Waals surface area contributed by atoms with Crippen molar-refractivity contribution in [1.82, 2.24) is 5.43 Å². The minimum absolute atomic E-state index is 0.467. The van der Waals surface area contributed by atoms with Gasteiger partial charge in [0.15, 0.2) is 0 Å². The molecule has 0 aliphatic heterocycles. The van der Waals surface area contributed by atoms with Crippen molar-refractivity contribution in [2.75, 3.05) is 0 Å². The predicted octanol–water partition coefficient (Wildman–Crippen LogP) is 2.66. The quantitative estimate of drug-likeness (QED) is 0.653. The fourth-order valence-electron chi connectivity index (χ4n) is 1.83. The summed E-state index contributed by atoms with van der Waals surface area (Å²) in [4.78, 5) is 10.7. The van der Waals surface area contributed by atoms with Crippen LogP contribution in [0.4, 0.5) is 4.79 Å². The third kappa shape index (κ3) is 4.35. The maximum Gasteiger partial charge on any atom is 0.332 e. The Kier molecular flexibility index (Phi) is 4.93. The highest BCUT2D eigenvalue weighted by molar-refractivity contribution is 6.01. The number of carbonyl (C=O) groups excluding carboxylic acids is 1. The van der Waals surface area contributed by atoms with E-state index in [1.807, 2.05) is 54.6 Å². The van der Waals surface area contributed by atoms with Crippen LogP contribution in [0.2, 0.25) is 0 Å². The van der Waals surface area contributed by atoms with Gasteiger partial charge < -0.3 is 10.5 Å². The number of benzene rings is 2. The number of carbonyl (C=O) groups is 1. The number of para-hydroxylation sites is 1. The van der Waals surface area contributed by atoms with E-state index >= 15 is 0 Å². The average molecular weight is 283 g/mol. The molecule has 0 radical (unpaired) electrons. The fourth-order valence-corrected chi connectivity index (χ4v) is 1.83. The number of primary amides is 1. The summed E-state index contributed by atoms with van der Waals surface area (Å²) in [7, 11) is 0. The molecule has 0 heterocycles. The van der Waals surface area contributed by atoms with E-state index in [0.29, 0.717) is 18.1 Å². The Labute approximate surface area is 123 Å². The van der Waals surface area contributed by atoms with Gasteiger partial charge in [0.05, 0.1) is 5.71 Å². The number of ether oxygens (including phenoxy) is 1. The highest BCUT2D eigenvalue weighted by Gasteiger charge is 2.07. The molecular formula is C16H17N3O2. The number of nitrogens with one attached hydrogen (secondary N) is 1. The standard InChI is InChI=1S/C16H17N3O2/c1-12(18-19-16(17)20)14-9-5-6-10-15(14)21-11-13-7-3-2-4-8-13/h2-10H,11H2,1H3,(H3,17,19,20)/b18-12-. The summed E-state index contributed by atoms with van der Waals surface area (Å²) >= 11 is 0. The van der Waals surface area contributed by atoms with Gasteiger partial charge in [0.1, 0.15) is 12.4 Å². The Balaban J connectivity index is 2.13. The Hall–Kier alpha value is -2.82. The minimum Gasteiger partial charge on any atom is -0.488 e. The molecule has 0 aliphatic carbocycles. The van der Waals surface area contributed by atoms with E-state index in [1.54, 1.807) is 6.92 Å². The lowest BCUT2D eigenvalue weighted by molar-refractivity contribution is 0.249. The van der Waals surface area contributed by atoms with Crippen molar-refractivity contribution in [3.8, 4) is 5.75 Å². The molecule has 0 aliphatic rings. The van der Waals surface area contributed by atoms with Crippen molar-refractivity contribution in [2.45, 2.75) is 13.5 Å². The molecule has 21 heavy (non-hydrogen) atoms. The Morgan fingerprint density at radius 3 is 2.52 bits per heavy atom. The molecule has 0 unspecified atom stereocenters. The van der Waals surface area contributed by atoms with Crippen molar-refractivity contribution in [3.63, 3.8) is 0 Å². The van der Waals surface area contributed by atoms with Gasteiger partial charge in [0.25, 0.3) is 0 Å². The Morgan fingerprint density at radius 1 is 1.14 bits per heavy atom. The third-order valence-electron chi connectivity index (χ3n) is 2.85. The van der Waals surface area contributed by atoms with Gasteiger partial charge in [0.2, 0.25) is 0 Å². The molecule has 5 nitrogen and oxygen atoms in total. The second-order valence-electron chi connectivity index (χ2n) is 4.44. The summed E-state index contributed by atoms with van der Waals surface area (Å²) in [5, 5.41) is 3.92. The van der Waals surface area contributed by atoms with Gasteiger partial charge in [-0.2, -0.15) is 5.10 Å². The third-order valence-corrected chi connectivity index (χ3v) is 2.85. The van der Waals surface area contributed by atoms with Gasteiger partial charge in [-0.05, 0) is 24.6 Å². The fraction of sp³-hybridized carbons (Fsp3) is 0.125. The molecule has 2 aromatic rings. The molecule has 0 fully saturated rings. The van der Waals surface area contributed by atoms with E-state index in [2.05, 4.69) is 10.5 Å². The molecule has 2 rings (SSSR count). The molecule has 3 N–H and O–H groups in total. The molecule has 5 heteroatoms. The first-order valence-corrected chi connectivity index (χ1v) is 6.52. The molecular weight excluding hydrogens is 266 g/mol. The SMILES string of the molecule is C/C(=N/NC(N)=O)c1ccccc1OCc1ccccc1. The largest absolute Gasteiger partial charge is 0.488 e. The van der Waals surface area contributed by atoms with Crippen molar-refractivity contribution in [3.05, 3.63) is 65.7 Å². The second-order valence-corrected chi connectivity index (χ2v) is 4.44. The predicted molar refractivity (Wildman–Crippen MR) is 82.1 cm³/mol. The van der Waals surface area contributed by atoms with Crippen LogP contribution >= 0.6 is 0 Å². The Bertz CT molecular complexity index is 639. The first kappa shape index (κ1) is 14.6. The molecule has 108 valence electrons. The van der Waals surface area contributed by atoms with Gasteiger partial charge in [-0.25, -0.2) is 10.2 Å². The van der Waals surface area contributed by atoms with Crippen molar-refractivity contribution in [1.29, 1.82) is 0 Å². The van der Waals surface area contributed by atoms with E-state index in [-0.39, 0.29) is 0 Å². The molecule has 2 aromatic carbocycles. The topological polar surface area (TPSA) is 76.7 Å². The summed E-state index contributed by atoms with van der Waals surface area (Å²) in [6.45, 7) is 2.25. The number of urea groups is 1. The van der Waals surface area contributed by atoms with E-state index in [4.69, 9.17) is 10.5 Å². The molecule has 0 saturated carbocycles. The van der Waals surface area contributed by atoms with Crippen LogP contribution in [-0.2, 0) is 6.61 Å². The highest BCUT2D eigenvalue weighted by atomic mass is 16.5. The number of nitrogens with two attached hydrogens (primary N) is 1.